The number of carbonyl (C=O) groups excluding carboxylic acids is 2. The van der Waals surface area contributed by atoms with Crippen LogP contribution in [0, 0.1) is 0 Å². The fourth-order valence-electron chi connectivity index (χ4n) is 2.65. The lowest BCUT2D eigenvalue weighted by molar-refractivity contribution is -0.141. The van der Waals surface area contributed by atoms with Crippen molar-refractivity contribution in [2.45, 2.75) is 56.0 Å². The van der Waals surface area contributed by atoms with Crippen molar-refractivity contribution >= 4 is 29.7 Å². The Kier molecular flexibility index (Phi) is 5.33. The third-order valence-corrected chi connectivity index (χ3v) is 5.34. The summed E-state index contributed by atoms with van der Waals surface area (Å²) in [6.07, 6.45) is 2.92. The molecule has 4 atom stereocenters. The molecule has 8 heteroatoms. The molecule has 4 unspecified atom stereocenters. The van der Waals surface area contributed by atoms with Gasteiger partial charge in [0.2, 0.25) is 5.91 Å². The first kappa shape index (κ1) is 15.9. The lowest BCUT2D eigenvalue weighted by Gasteiger charge is -2.16. The number of urea groups is 1. The number of carboxylic acids is 1. The van der Waals surface area contributed by atoms with Crippen LogP contribution in [0.3, 0.4) is 0 Å². The van der Waals surface area contributed by atoms with Gasteiger partial charge in [0.1, 0.15) is 6.04 Å². The Morgan fingerprint density at radius 2 is 2.19 bits per heavy atom. The molecule has 0 aromatic heterocycles. The molecule has 3 amide bonds. The number of unbranched alkanes of at least 4 members (excludes halogenated alkanes) is 1. The summed E-state index contributed by atoms with van der Waals surface area (Å²) in [5, 5.41) is 17.4. The van der Waals surface area contributed by atoms with E-state index in [1.807, 2.05) is 11.8 Å². The Morgan fingerprint density at radius 1 is 1.43 bits per heavy atom. The predicted octanol–water partition coefficient (Wildman–Crippen LogP) is 0.302. The highest BCUT2D eigenvalue weighted by Crippen LogP contribution is 2.33. The number of carboxylic acid groups (broad SMARTS) is 1. The van der Waals surface area contributed by atoms with Gasteiger partial charge in [-0.1, -0.05) is 6.42 Å². The Hall–Kier alpha value is -1.44. The maximum Gasteiger partial charge on any atom is 0.325 e. The van der Waals surface area contributed by atoms with Gasteiger partial charge in [0.25, 0.3) is 0 Å². The fourth-order valence-corrected chi connectivity index (χ4v) is 4.19. The minimum atomic E-state index is -1.03. The average Bonchev–Trinajstić information content (AvgIpc) is 2.94. The highest BCUT2D eigenvalue weighted by Gasteiger charge is 2.42. The quantitative estimate of drug-likeness (QED) is 0.399. The van der Waals surface area contributed by atoms with Crippen molar-refractivity contribution in [3.63, 3.8) is 0 Å². The van der Waals surface area contributed by atoms with E-state index in [1.54, 1.807) is 0 Å². The van der Waals surface area contributed by atoms with Crippen LogP contribution in [-0.4, -0.2) is 52.1 Å². The van der Waals surface area contributed by atoms with E-state index in [0.29, 0.717) is 11.7 Å². The second-order valence-electron chi connectivity index (χ2n) is 5.50. The van der Waals surface area contributed by atoms with Crippen LogP contribution < -0.4 is 16.0 Å². The van der Waals surface area contributed by atoms with Crippen molar-refractivity contribution in [2.75, 3.05) is 5.75 Å². The fraction of sp³-hybridized carbons (Fsp3) is 0.769. The zero-order valence-electron chi connectivity index (χ0n) is 11.9. The smallest absolute Gasteiger partial charge is 0.325 e. The molecule has 2 fully saturated rings. The van der Waals surface area contributed by atoms with E-state index in [-0.39, 0.29) is 24.0 Å². The third kappa shape index (κ3) is 4.26. The molecule has 0 aromatic rings. The van der Waals surface area contributed by atoms with Crippen LogP contribution in [-0.2, 0) is 9.59 Å². The van der Waals surface area contributed by atoms with E-state index < -0.39 is 12.0 Å². The topological polar surface area (TPSA) is 108 Å². The van der Waals surface area contributed by atoms with Crippen molar-refractivity contribution in [1.82, 2.24) is 16.0 Å². The van der Waals surface area contributed by atoms with Gasteiger partial charge in [-0.15, -0.1) is 0 Å². The van der Waals surface area contributed by atoms with E-state index in [4.69, 9.17) is 5.11 Å². The van der Waals surface area contributed by atoms with Gasteiger partial charge in [-0.3, -0.25) is 9.59 Å². The summed E-state index contributed by atoms with van der Waals surface area (Å²) in [5.41, 5.74) is 0. The van der Waals surface area contributed by atoms with Crippen LogP contribution >= 0.6 is 11.8 Å². The molecule has 2 aliphatic rings. The first-order valence-corrected chi connectivity index (χ1v) is 8.23. The zero-order valence-corrected chi connectivity index (χ0v) is 12.7. The maximum atomic E-state index is 11.5. The molecule has 7 nitrogen and oxygen atoms in total. The zero-order chi connectivity index (χ0) is 15.4. The Labute approximate surface area is 127 Å². The number of hydrogen-bond donors (Lipinski definition) is 4. The van der Waals surface area contributed by atoms with Crippen molar-refractivity contribution in [2.24, 2.45) is 0 Å². The van der Waals surface area contributed by atoms with Crippen LogP contribution in [0.4, 0.5) is 4.79 Å². The van der Waals surface area contributed by atoms with E-state index in [0.717, 1.165) is 25.0 Å². The third-order valence-electron chi connectivity index (χ3n) is 3.83. The number of carbonyl (C=O) groups is 3. The highest BCUT2D eigenvalue weighted by atomic mass is 32.2. The van der Waals surface area contributed by atoms with Gasteiger partial charge in [0, 0.05) is 17.4 Å². The van der Waals surface area contributed by atoms with Crippen molar-refractivity contribution in [3.8, 4) is 0 Å². The number of aliphatic carboxylic acids is 1. The number of rotatable bonds is 7. The maximum absolute atomic E-state index is 11.5. The Morgan fingerprint density at radius 3 is 2.90 bits per heavy atom. The van der Waals surface area contributed by atoms with Crippen molar-refractivity contribution < 1.29 is 19.5 Å². The molecule has 4 N–H and O–H groups in total. The summed E-state index contributed by atoms with van der Waals surface area (Å²) < 4.78 is 0. The van der Waals surface area contributed by atoms with Gasteiger partial charge in [-0.25, -0.2) is 4.79 Å². The number of fused-ring (bicyclic) bond motifs is 1. The molecule has 0 radical (unpaired) electrons. The molecule has 0 bridgehead atoms. The first-order chi connectivity index (χ1) is 9.97. The molecule has 0 saturated carbocycles. The summed E-state index contributed by atoms with van der Waals surface area (Å²) in [5.74, 6) is -0.316. The standard InChI is InChI=1S/C13H21N3O4S/c1-7(12(18)19)14-10(17)5-3-2-4-9-11-8(6-21-9)15-13(20)16-11/h7-9,11H,2-6H2,1H3,(H,14,17)(H,18,19)(H2,15,16,20). The molecule has 2 rings (SSSR count). The van der Waals surface area contributed by atoms with E-state index in [9.17, 15) is 14.4 Å². The Bertz CT molecular complexity index is 432. The summed E-state index contributed by atoms with van der Waals surface area (Å²) in [4.78, 5) is 33.4. The van der Waals surface area contributed by atoms with Crippen molar-refractivity contribution in [3.05, 3.63) is 0 Å². The van der Waals surface area contributed by atoms with Crippen molar-refractivity contribution in [1.29, 1.82) is 0 Å². The van der Waals surface area contributed by atoms with Gasteiger partial charge in [0.15, 0.2) is 0 Å². The average molecular weight is 315 g/mol. The summed E-state index contributed by atoms with van der Waals surface area (Å²) in [6.45, 7) is 1.45. The van der Waals surface area contributed by atoms with E-state index >= 15 is 0 Å². The Balaban J connectivity index is 1.61. The summed E-state index contributed by atoms with van der Waals surface area (Å²) in [6, 6.07) is -0.503. The highest BCUT2D eigenvalue weighted by molar-refractivity contribution is 8.00. The molecule has 0 aromatic carbocycles. The molecule has 0 aliphatic carbocycles. The molecule has 2 saturated heterocycles. The van der Waals surface area contributed by atoms with Crippen LogP contribution in [0.1, 0.15) is 32.6 Å². The predicted molar refractivity (Wildman–Crippen MR) is 79.2 cm³/mol. The molecule has 21 heavy (non-hydrogen) atoms. The second-order valence-corrected chi connectivity index (χ2v) is 6.77. The van der Waals surface area contributed by atoms with Crippen LogP contribution in [0.2, 0.25) is 0 Å². The first-order valence-electron chi connectivity index (χ1n) is 7.18. The lowest BCUT2D eigenvalue weighted by Crippen LogP contribution is -2.38. The lowest BCUT2D eigenvalue weighted by atomic mass is 10.0. The number of hydrogen-bond acceptors (Lipinski definition) is 4. The SMILES string of the molecule is CC(NC(=O)CCCCC1SCC2NC(=O)NC21)C(=O)O. The molecule has 118 valence electrons. The van der Waals surface area contributed by atoms with Crippen LogP contribution in [0.15, 0.2) is 0 Å². The molecule has 2 heterocycles. The minimum absolute atomic E-state index is 0.0858. The number of nitrogens with one attached hydrogen (secondary N) is 3. The summed E-state index contributed by atoms with van der Waals surface area (Å²) in [7, 11) is 0. The normalized spacial score (nSPS) is 28.4. The second kappa shape index (κ2) is 7.02. The van der Waals surface area contributed by atoms with Crippen LogP contribution in [0.25, 0.3) is 0 Å². The van der Waals surface area contributed by atoms with Gasteiger partial charge in [-0.05, 0) is 19.8 Å². The number of thioether (sulfide) groups is 1. The van der Waals surface area contributed by atoms with Crippen LogP contribution in [0.5, 0.6) is 0 Å². The summed E-state index contributed by atoms with van der Waals surface area (Å²) >= 11 is 1.85. The minimum Gasteiger partial charge on any atom is -0.480 e. The molecular weight excluding hydrogens is 294 g/mol. The molecular formula is C13H21N3O4S. The molecule has 0 spiro atoms. The van der Waals surface area contributed by atoms with E-state index in [2.05, 4.69) is 16.0 Å². The van der Waals surface area contributed by atoms with Gasteiger partial charge < -0.3 is 21.1 Å². The molecule has 2 aliphatic heterocycles. The largest absolute Gasteiger partial charge is 0.480 e. The van der Waals surface area contributed by atoms with Gasteiger partial charge >= 0.3 is 12.0 Å². The number of amides is 3. The van der Waals surface area contributed by atoms with E-state index in [1.165, 1.54) is 6.92 Å². The van der Waals surface area contributed by atoms with Gasteiger partial charge in [-0.2, -0.15) is 11.8 Å². The monoisotopic (exact) mass is 315 g/mol. The van der Waals surface area contributed by atoms with Gasteiger partial charge in [0.05, 0.1) is 12.1 Å².